The first-order valence-corrected chi connectivity index (χ1v) is 8.39. The topological polar surface area (TPSA) is 49.4 Å². The van der Waals surface area contributed by atoms with Crippen LogP contribution in [0.1, 0.15) is 25.8 Å². The highest BCUT2D eigenvalue weighted by Gasteiger charge is 2.27. The summed E-state index contributed by atoms with van der Waals surface area (Å²) in [5, 5.41) is 0. The van der Waals surface area contributed by atoms with Crippen LogP contribution in [0.4, 0.5) is 0 Å². The first-order valence-electron chi connectivity index (χ1n) is 6.74. The van der Waals surface area contributed by atoms with E-state index in [-0.39, 0.29) is 11.8 Å². The maximum atomic E-state index is 12.1. The van der Waals surface area contributed by atoms with Crippen LogP contribution >= 0.6 is 0 Å². The summed E-state index contributed by atoms with van der Waals surface area (Å²) in [5.74, 6) is 0.0615. The first-order chi connectivity index (χ1) is 8.96. The van der Waals surface area contributed by atoms with Crippen molar-refractivity contribution in [2.24, 2.45) is 0 Å². The molecule has 0 unspecified atom stereocenters. The summed E-state index contributed by atoms with van der Waals surface area (Å²) in [7, 11) is -3.24. The SMILES string of the molecule is CC(C)N1CC[C@H](NS(=O)(=O)Cc2ccccc2)C1. The highest BCUT2D eigenvalue weighted by molar-refractivity contribution is 7.88. The molecule has 1 heterocycles. The number of sulfonamides is 1. The van der Waals surface area contributed by atoms with Crippen molar-refractivity contribution in [2.75, 3.05) is 13.1 Å². The second-order valence-corrected chi connectivity index (χ2v) is 7.19. The average molecular weight is 282 g/mol. The first kappa shape index (κ1) is 14.5. The second-order valence-electron chi connectivity index (χ2n) is 5.44. The van der Waals surface area contributed by atoms with Crippen molar-refractivity contribution in [3.63, 3.8) is 0 Å². The van der Waals surface area contributed by atoms with Crippen molar-refractivity contribution in [3.8, 4) is 0 Å². The molecule has 0 amide bonds. The van der Waals surface area contributed by atoms with Gasteiger partial charge in [-0.3, -0.25) is 4.90 Å². The fourth-order valence-electron chi connectivity index (χ4n) is 2.44. The lowest BCUT2D eigenvalue weighted by Gasteiger charge is -2.20. The molecule has 1 aliphatic rings. The zero-order valence-electron chi connectivity index (χ0n) is 11.5. The standard InChI is InChI=1S/C14H22N2O2S/c1-12(2)16-9-8-14(10-16)15-19(17,18)11-13-6-4-3-5-7-13/h3-7,12,14-15H,8-11H2,1-2H3/t14-/m0/s1. The number of nitrogens with one attached hydrogen (secondary N) is 1. The molecule has 1 aromatic carbocycles. The van der Waals surface area contributed by atoms with E-state index in [2.05, 4.69) is 23.5 Å². The summed E-state index contributed by atoms with van der Waals surface area (Å²) in [5.41, 5.74) is 0.828. The molecular weight excluding hydrogens is 260 g/mol. The van der Waals surface area contributed by atoms with Gasteiger partial charge in [-0.2, -0.15) is 0 Å². The van der Waals surface area contributed by atoms with Crippen molar-refractivity contribution >= 4 is 10.0 Å². The Bertz CT molecular complexity index is 499. The maximum Gasteiger partial charge on any atom is 0.216 e. The molecule has 106 valence electrons. The van der Waals surface area contributed by atoms with Crippen LogP contribution in [-0.4, -0.2) is 38.5 Å². The minimum absolute atomic E-state index is 0.0520. The van der Waals surface area contributed by atoms with Gasteiger partial charge in [0, 0.05) is 25.2 Å². The van der Waals surface area contributed by atoms with Crippen molar-refractivity contribution in [1.29, 1.82) is 0 Å². The normalized spacial score (nSPS) is 21.1. The van der Waals surface area contributed by atoms with Crippen molar-refractivity contribution in [3.05, 3.63) is 35.9 Å². The Morgan fingerprint density at radius 1 is 1.32 bits per heavy atom. The van der Waals surface area contributed by atoms with Crippen LogP contribution in [-0.2, 0) is 15.8 Å². The molecule has 4 nitrogen and oxygen atoms in total. The lowest BCUT2D eigenvalue weighted by molar-refractivity contribution is 0.271. The van der Waals surface area contributed by atoms with E-state index < -0.39 is 10.0 Å². The van der Waals surface area contributed by atoms with Gasteiger partial charge in [0.2, 0.25) is 10.0 Å². The Balaban J connectivity index is 1.92. The van der Waals surface area contributed by atoms with E-state index in [1.165, 1.54) is 0 Å². The van der Waals surface area contributed by atoms with Crippen LogP contribution in [0.5, 0.6) is 0 Å². The molecule has 2 rings (SSSR count). The monoisotopic (exact) mass is 282 g/mol. The van der Waals surface area contributed by atoms with Gasteiger partial charge in [0.25, 0.3) is 0 Å². The third-order valence-electron chi connectivity index (χ3n) is 3.50. The third kappa shape index (κ3) is 4.30. The van der Waals surface area contributed by atoms with Gasteiger partial charge < -0.3 is 0 Å². The Hall–Kier alpha value is -0.910. The summed E-state index contributed by atoms with van der Waals surface area (Å²) >= 11 is 0. The van der Waals surface area contributed by atoms with Gasteiger partial charge in [0.05, 0.1) is 5.75 Å². The quantitative estimate of drug-likeness (QED) is 0.892. The van der Waals surface area contributed by atoms with Gasteiger partial charge in [-0.05, 0) is 25.8 Å². The summed E-state index contributed by atoms with van der Waals surface area (Å²) < 4.78 is 27.0. The van der Waals surface area contributed by atoms with Gasteiger partial charge in [-0.25, -0.2) is 13.1 Å². The fraction of sp³-hybridized carbons (Fsp3) is 0.571. The van der Waals surface area contributed by atoms with E-state index in [4.69, 9.17) is 0 Å². The highest BCUT2D eigenvalue weighted by Crippen LogP contribution is 2.14. The average Bonchev–Trinajstić information content (AvgIpc) is 2.77. The number of likely N-dealkylation sites (tertiary alicyclic amines) is 1. The number of rotatable bonds is 5. The van der Waals surface area contributed by atoms with Gasteiger partial charge in [0.1, 0.15) is 0 Å². The van der Waals surface area contributed by atoms with Gasteiger partial charge in [0.15, 0.2) is 0 Å². The van der Waals surface area contributed by atoms with Crippen LogP contribution < -0.4 is 4.72 Å². The summed E-state index contributed by atoms with van der Waals surface area (Å²) in [4.78, 5) is 2.30. The highest BCUT2D eigenvalue weighted by atomic mass is 32.2. The zero-order valence-corrected chi connectivity index (χ0v) is 12.4. The molecule has 0 aliphatic carbocycles. The van der Waals surface area contributed by atoms with E-state index in [1.807, 2.05) is 30.3 Å². The molecule has 1 saturated heterocycles. The molecule has 1 N–H and O–H groups in total. The smallest absolute Gasteiger partial charge is 0.216 e. The summed E-state index contributed by atoms with van der Waals surface area (Å²) in [6, 6.07) is 9.82. The molecule has 0 aromatic heterocycles. The summed E-state index contributed by atoms with van der Waals surface area (Å²) in [6.45, 7) is 6.06. The van der Waals surface area contributed by atoms with E-state index in [0.717, 1.165) is 25.1 Å². The second kappa shape index (κ2) is 6.03. The Morgan fingerprint density at radius 2 is 2.00 bits per heavy atom. The van der Waals surface area contributed by atoms with E-state index in [0.29, 0.717) is 6.04 Å². The van der Waals surface area contributed by atoms with E-state index >= 15 is 0 Å². The Labute approximate surface area is 115 Å². The molecule has 19 heavy (non-hydrogen) atoms. The molecule has 1 aliphatic heterocycles. The Morgan fingerprint density at radius 3 is 2.58 bits per heavy atom. The number of hydrogen-bond donors (Lipinski definition) is 1. The molecule has 1 atom stereocenters. The van der Waals surface area contributed by atoms with Gasteiger partial charge >= 0.3 is 0 Å². The predicted octanol–water partition coefficient (Wildman–Crippen LogP) is 1.59. The third-order valence-corrected chi connectivity index (χ3v) is 4.90. The lowest BCUT2D eigenvalue weighted by Crippen LogP contribution is -2.39. The van der Waals surface area contributed by atoms with Crippen molar-refractivity contribution in [1.82, 2.24) is 9.62 Å². The molecule has 5 heteroatoms. The largest absolute Gasteiger partial charge is 0.299 e. The minimum atomic E-state index is -3.24. The Kier molecular flexibility index (Phi) is 4.60. The zero-order chi connectivity index (χ0) is 13.9. The van der Waals surface area contributed by atoms with Crippen molar-refractivity contribution in [2.45, 2.75) is 38.1 Å². The predicted molar refractivity (Wildman–Crippen MR) is 77.3 cm³/mol. The van der Waals surface area contributed by atoms with Crippen LogP contribution in [0.15, 0.2) is 30.3 Å². The van der Waals surface area contributed by atoms with Crippen LogP contribution in [0.25, 0.3) is 0 Å². The van der Waals surface area contributed by atoms with Gasteiger partial charge in [-0.1, -0.05) is 30.3 Å². The molecule has 1 aromatic rings. The van der Waals surface area contributed by atoms with E-state index in [1.54, 1.807) is 0 Å². The molecule has 0 bridgehead atoms. The number of nitrogens with zero attached hydrogens (tertiary/aromatic N) is 1. The summed E-state index contributed by atoms with van der Waals surface area (Å²) in [6.07, 6.45) is 0.895. The molecule has 0 spiro atoms. The van der Waals surface area contributed by atoms with Crippen LogP contribution in [0, 0.1) is 0 Å². The fourth-order valence-corrected chi connectivity index (χ4v) is 3.86. The molecule has 0 radical (unpaired) electrons. The maximum absolute atomic E-state index is 12.1. The molecule has 0 saturated carbocycles. The van der Waals surface area contributed by atoms with Crippen molar-refractivity contribution < 1.29 is 8.42 Å². The van der Waals surface area contributed by atoms with Crippen LogP contribution in [0.3, 0.4) is 0 Å². The number of hydrogen-bond acceptors (Lipinski definition) is 3. The van der Waals surface area contributed by atoms with Gasteiger partial charge in [-0.15, -0.1) is 0 Å². The minimum Gasteiger partial charge on any atom is -0.299 e. The molecule has 1 fully saturated rings. The van der Waals surface area contributed by atoms with Crippen LogP contribution in [0.2, 0.25) is 0 Å². The molecular formula is C14H22N2O2S. The van der Waals surface area contributed by atoms with E-state index in [9.17, 15) is 8.42 Å². The lowest BCUT2D eigenvalue weighted by atomic mass is 10.2. The number of benzene rings is 1.